The van der Waals surface area contributed by atoms with Crippen LogP contribution in [-0.4, -0.2) is 39.6 Å². The zero-order chi connectivity index (χ0) is 30.3. The lowest BCUT2D eigenvalue weighted by atomic mass is 9.90. The number of anilines is 1. The Kier molecular flexibility index (Phi) is 7.04. The molecule has 0 bridgehead atoms. The third-order valence-electron chi connectivity index (χ3n) is 8.78. The molecule has 7 rings (SSSR count). The third-order valence-corrected chi connectivity index (χ3v) is 8.78. The molecule has 1 saturated carbocycles. The molecule has 1 aromatic heterocycles. The zero-order valence-electron chi connectivity index (χ0n) is 24.3. The molecular formula is C36H33N3O5. The standard InChI is InChI=1S/C36H33N3O5/c40-31(41)17-12-23-10-14-26(15-11-23)37-35(43)36(18-19-36)38-34(42)25-13-16-27-29(22-25)39-20-21-44-30-9-5-4-8-28(30)33(39)32(27)24-6-2-1-3-7-24/h4-6,8-17,22H,1-3,7,18-21H2,(H,37,43)(H,38,42)(H,40,41)/b17-12+. The summed E-state index contributed by atoms with van der Waals surface area (Å²) in [5, 5.41) is 15.9. The second kappa shape index (κ2) is 11.2. The summed E-state index contributed by atoms with van der Waals surface area (Å²) in [5.74, 6) is -0.704. The first-order valence-corrected chi connectivity index (χ1v) is 15.1. The average Bonchev–Trinajstić information content (AvgIpc) is 3.79. The Balaban J connectivity index is 1.17. The van der Waals surface area contributed by atoms with Crippen molar-refractivity contribution in [2.24, 2.45) is 0 Å². The molecule has 44 heavy (non-hydrogen) atoms. The molecular weight excluding hydrogens is 554 g/mol. The average molecular weight is 588 g/mol. The Labute approximate surface area is 255 Å². The summed E-state index contributed by atoms with van der Waals surface area (Å²) in [6.45, 7) is 1.19. The minimum atomic E-state index is -1.03. The molecule has 0 spiro atoms. The molecule has 1 fully saturated rings. The molecule has 3 aromatic carbocycles. The highest BCUT2D eigenvalue weighted by Gasteiger charge is 2.51. The van der Waals surface area contributed by atoms with Crippen LogP contribution in [0.5, 0.6) is 5.75 Å². The maximum Gasteiger partial charge on any atom is 0.328 e. The summed E-state index contributed by atoms with van der Waals surface area (Å²) in [6.07, 6.45) is 10.5. The normalized spacial score (nSPS) is 16.7. The summed E-state index contributed by atoms with van der Waals surface area (Å²) >= 11 is 0. The number of aliphatic carboxylic acids is 1. The van der Waals surface area contributed by atoms with Crippen LogP contribution in [0.15, 0.2) is 78.9 Å². The Morgan fingerprint density at radius 3 is 2.55 bits per heavy atom. The van der Waals surface area contributed by atoms with E-state index in [2.05, 4.69) is 33.4 Å². The summed E-state index contributed by atoms with van der Waals surface area (Å²) in [7, 11) is 0. The van der Waals surface area contributed by atoms with Gasteiger partial charge in [0.15, 0.2) is 0 Å². The van der Waals surface area contributed by atoms with Crippen molar-refractivity contribution >= 4 is 46.0 Å². The number of allylic oxidation sites excluding steroid dienone is 2. The number of hydrogen-bond acceptors (Lipinski definition) is 4. The molecule has 2 heterocycles. The molecule has 0 radical (unpaired) electrons. The number of nitrogens with zero attached hydrogens (tertiary/aromatic N) is 1. The number of benzene rings is 3. The number of para-hydroxylation sites is 1. The van der Waals surface area contributed by atoms with Crippen molar-refractivity contribution in [3.8, 4) is 17.0 Å². The number of fused-ring (bicyclic) bond motifs is 5. The van der Waals surface area contributed by atoms with Gasteiger partial charge in [0, 0.05) is 33.8 Å². The monoisotopic (exact) mass is 587 g/mol. The van der Waals surface area contributed by atoms with E-state index in [-0.39, 0.29) is 11.8 Å². The highest BCUT2D eigenvalue weighted by Crippen LogP contribution is 2.45. The van der Waals surface area contributed by atoms with E-state index in [4.69, 9.17) is 9.84 Å². The minimum Gasteiger partial charge on any atom is -0.491 e. The smallest absolute Gasteiger partial charge is 0.328 e. The van der Waals surface area contributed by atoms with E-state index < -0.39 is 11.5 Å². The first kappa shape index (κ1) is 27.7. The molecule has 3 aliphatic rings. The lowest BCUT2D eigenvalue weighted by molar-refractivity contribution is -0.131. The Morgan fingerprint density at radius 2 is 1.80 bits per heavy atom. The van der Waals surface area contributed by atoms with Gasteiger partial charge in [-0.3, -0.25) is 9.59 Å². The maximum atomic E-state index is 13.6. The van der Waals surface area contributed by atoms with E-state index in [0.29, 0.717) is 42.8 Å². The molecule has 2 amide bonds. The van der Waals surface area contributed by atoms with E-state index in [1.165, 1.54) is 23.6 Å². The van der Waals surface area contributed by atoms with Crippen LogP contribution in [0, 0.1) is 0 Å². The van der Waals surface area contributed by atoms with Crippen LogP contribution in [-0.2, 0) is 16.1 Å². The molecule has 1 aliphatic heterocycles. The first-order chi connectivity index (χ1) is 21.4. The number of aromatic nitrogens is 1. The van der Waals surface area contributed by atoms with Gasteiger partial charge in [0.1, 0.15) is 17.9 Å². The largest absolute Gasteiger partial charge is 0.491 e. The van der Waals surface area contributed by atoms with Gasteiger partial charge >= 0.3 is 5.97 Å². The quantitative estimate of drug-likeness (QED) is 0.210. The third kappa shape index (κ3) is 5.17. The fourth-order valence-electron chi connectivity index (χ4n) is 6.35. The zero-order valence-corrected chi connectivity index (χ0v) is 24.3. The van der Waals surface area contributed by atoms with Crippen molar-refractivity contribution in [3.63, 3.8) is 0 Å². The SMILES string of the molecule is O=C(O)/C=C/c1ccc(NC(=O)C2(NC(=O)c3ccc4c(C5=CCCCC5)c5n(c4c3)CCOc3ccccc3-5)CC2)cc1. The fraction of sp³-hybridized carbons (Fsp3) is 0.250. The fourth-order valence-corrected chi connectivity index (χ4v) is 6.35. The van der Waals surface area contributed by atoms with Crippen molar-refractivity contribution in [2.75, 3.05) is 11.9 Å². The van der Waals surface area contributed by atoms with Gasteiger partial charge in [-0.2, -0.15) is 0 Å². The van der Waals surface area contributed by atoms with E-state index in [9.17, 15) is 14.4 Å². The highest BCUT2D eigenvalue weighted by molar-refractivity contribution is 6.08. The number of nitrogens with one attached hydrogen (secondary N) is 2. The summed E-state index contributed by atoms with van der Waals surface area (Å²) < 4.78 is 8.43. The summed E-state index contributed by atoms with van der Waals surface area (Å²) in [4.78, 5) is 37.6. The van der Waals surface area contributed by atoms with E-state index in [1.807, 2.05) is 30.3 Å². The molecule has 222 valence electrons. The van der Waals surface area contributed by atoms with Crippen LogP contribution in [0.1, 0.15) is 60.0 Å². The van der Waals surface area contributed by atoms with Gasteiger partial charge < -0.3 is 25.0 Å². The molecule has 0 unspecified atom stereocenters. The predicted molar refractivity (Wildman–Crippen MR) is 170 cm³/mol. The van der Waals surface area contributed by atoms with Crippen LogP contribution in [0.2, 0.25) is 0 Å². The van der Waals surface area contributed by atoms with Crippen molar-refractivity contribution in [1.29, 1.82) is 0 Å². The van der Waals surface area contributed by atoms with Crippen LogP contribution in [0.25, 0.3) is 33.8 Å². The topological polar surface area (TPSA) is 110 Å². The van der Waals surface area contributed by atoms with Gasteiger partial charge in [-0.1, -0.05) is 36.4 Å². The Hall–Kier alpha value is -5.11. The molecule has 2 aliphatic carbocycles. The minimum absolute atomic E-state index is 0.266. The molecule has 0 saturated heterocycles. The lowest BCUT2D eigenvalue weighted by Gasteiger charge is -2.18. The highest BCUT2D eigenvalue weighted by atomic mass is 16.5. The second-order valence-corrected chi connectivity index (χ2v) is 11.7. The number of carboxylic acid groups (broad SMARTS) is 1. The Bertz CT molecular complexity index is 1860. The van der Waals surface area contributed by atoms with Gasteiger partial charge in [-0.15, -0.1) is 0 Å². The number of carbonyl (C=O) groups is 3. The van der Waals surface area contributed by atoms with Crippen molar-refractivity contribution in [3.05, 3.63) is 95.6 Å². The van der Waals surface area contributed by atoms with Crippen molar-refractivity contribution < 1.29 is 24.2 Å². The number of amides is 2. The summed E-state index contributed by atoms with van der Waals surface area (Å²) in [6, 6.07) is 20.9. The predicted octanol–water partition coefficient (Wildman–Crippen LogP) is 6.66. The van der Waals surface area contributed by atoms with Gasteiger partial charge in [0.05, 0.1) is 17.8 Å². The Morgan fingerprint density at radius 1 is 0.977 bits per heavy atom. The molecule has 4 aromatic rings. The van der Waals surface area contributed by atoms with Crippen molar-refractivity contribution in [2.45, 2.75) is 50.6 Å². The van der Waals surface area contributed by atoms with Gasteiger partial charge in [0.25, 0.3) is 5.91 Å². The molecule has 8 heteroatoms. The van der Waals surface area contributed by atoms with Crippen LogP contribution >= 0.6 is 0 Å². The number of ether oxygens (including phenoxy) is 1. The van der Waals surface area contributed by atoms with Gasteiger partial charge in [0.2, 0.25) is 5.91 Å². The van der Waals surface area contributed by atoms with Gasteiger partial charge in [-0.25, -0.2) is 4.79 Å². The second-order valence-electron chi connectivity index (χ2n) is 11.7. The van der Waals surface area contributed by atoms with E-state index in [1.54, 1.807) is 24.3 Å². The number of rotatable bonds is 7. The van der Waals surface area contributed by atoms with Crippen LogP contribution < -0.4 is 15.4 Å². The molecule has 3 N–H and O–H groups in total. The number of hydrogen-bond donors (Lipinski definition) is 3. The van der Waals surface area contributed by atoms with Crippen LogP contribution in [0.4, 0.5) is 5.69 Å². The number of carbonyl (C=O) groups excluding carboxylic acids is 2. The van der Waals surface area contributed by atoms with Gasteiger partial charge in [-0.05, 0) is 92.1 Å². The molecule has 8 nitrogen and oxygen atoms in total. The molecule has 0 atom stereocenters. The lowest BCUT2D eigenvalue weighted by Crippen LogP contribution is -2.46. The van der Waals surface area contributed by atoms with E-state index in [0.717, 1.165) is 53.2 Å². The first-order valence-electron chi connectivity index (χ1n) is 15.1. The summed E-state index contributed by atoms with van der Waals surface area (Å²) in [5.41, 5.74) is 6.60. The number of carboxylic acids is 1. The van der Waals surface area contributed by atoms with Crippen molar-refractivity contribution in [1.82, 2.24) is 9.88 Å². The maximum absolute atomic E-state index is 13.6. The van der Waals surface area contributed by atoms with Crippen LogP contribution in [0.3, 0.4) is 0 Å². The van der Waals surface area contributed by atoms with E-state index >= 15 is 0 Å².